The summed E-state index contributed by atoms with van der Waals surface area (Å²) in [5.74, 6) is -14.1. The largest absolute Gasteiger partial charge is 0.573 e. The van der Waals surface area contributed by atoms with Gasteiger partial charge in [0.25, 0.3) is 0 Å². The van der Waals surface area contributed by atoms with Crippen LogP contribution >= 0.6 is 0 Å². The number of ether oxygens (including phenoxy) is 2. The first-order valence-electron chi connectivity index (χ1n) is 15.2. The Labute approximate surface area is 282 Å². The van der Waals surface area contributed by atoms with Crippen molar-refractivity contribution in [3.05, 3.63) is 131 Å². The van der Waals surface area contributed by atoms with Crippen LogP contribution in [0.25, 0.3) is 33.4 Å². The second-order valence-electron chi connectivity index (χ2n) is 11.4. The van der Waals surface area contributed by atoms with E-state index in [2.05, 4.69) is 9.47 Å². The highest BCUT2D eigenvalue weighted by Crippen LogP contribution is 2.40. The van der Waals surface area contributed by atoms with Gasteiger partial charge in [0.1, 0.15) is 40.4 Å². The molecule has 0 N–H and O–H groups in total. The van der Waals surface area contributed by atoms with E-state index >= 15 is 8.78 Å². The van der Waals surface area contributed by atoms with Crippen LogP contribution in [-0.4, -0.2) is 6.36 Å². The summed E-state index contributed by atoms with van der Waals surface area (Å²) in [6, 6.07) is 11.9. The minimum absolute atomic E-state index is 0.0179. The van der Waals surface area contributed by atoms with Crippen LogP contribution in [0.5, 0.6) is 11.5 Å². The zero-order valence-corrected chi connectivity index (χ0v) is 26.2. The third-order valence-electron chi connectivity index (χ3n) is 7.74. The van der Waals surface area contributed by atoms with Gasteiger partial charge >= 0.3 is 12.5 Å². The molecule has 0 amide bonds. The predicted molar refractivity (Wildman–Crippen MR) is 163 cm³/mol. The summed E-state index contributed by atoms with van der Waals surface area (Å²) in [4.78, 5) is 0. The van der Waals surface area contributed by atoms with E-state index in [1.165, 1.54) is 24.3 Å². The standard InChI is InChI=1S/C37H24F12O2/c1-2-3-4-5-19-6-9-24(27(38)12-19)20-7-10-25(28(39)13-20)21-8-11-26(29(40)14-21)22-15-30(41)34(31(42)16-22)36(45,46)50-23-17-32(43)35(33(44)18-23)51-37(47,48)49/h6-18H,2-5H2,1H3. The monoisotopic (exact) mass is 728 g/mol. The Kier molecular flexibility index (Phi) is 10.6. The Bertz CT molecular complexity index is 2030. The van der Waals surface area contributed by atoms with Gasteiger partial charge in [0.15, 0.2) is 11.6 Å². The molecule has 14 heteroatoms. The van der Waals surface area contributed by atoms with Crippen molar-refractivity contribution in [1.82, 2.24) is 0 Å². The van der Waals surface area contributed by atoms with Gasteiger partial charge in [-0.25, -0.2) is 30.7 Å². The summed E-state index contributed by atoms with van der Waals surface area (Å²) in [5, 5.41) is 0. The lowest BCUT2D eigenvalue weighted by atomic mass is 9.95. The second kappa shape index (κ2) is 14.6. The Balaban J connectivity index is 1.37. The molecule has 0 aromatic heterocycles. The third kappa shape index (κ3) is 8.43. The molecule has 0 atom stereocenters. The number of halogens is 12. The molecule has 268 valence electrons. The second-order valence-corrected chi connectivity index (χ2v) is 11.4. The van der Waals surface area contributed by atoms with Crippen molar-refractivity contribution in [2.24, 2.45) is 0 Å². The summed E-state index contributed by atoms with van der Waals surface area (Å²) in [6.45, 7) is 2.05. The van der Waals surface area contributed by atoms with Crippen LogP contribution in [0.1, 0.15) is 37.3 Å². The first-order valence-corrected chi connectivity index (χ1v) is 15.2. The van der Waals surface area contributed by atoms with E-state index in [0.717, 1.165) is 43.0 Å². The summed E-state index contributed by atoms with van der Waals surface area (Å²) in [7, 11) is 0. The highest BCUT2D eigenvalue weighted by atomic mass is 19.4. The molecular weight excluding hydrogens is 704 g/mol. The lowest BCUT2D eigenvalue weighted by molar-refractivity contribution is -0.276. The SMILES string of the molecule is CCCCCc1ccc(-c2ccc(-c3ccc(-c4cc(F)c(C(F)(F)Oc5cc(F)c(OC(F)(F)F)c(F)c5)c(F)c4)c(F)c3)c(F)c2)c(F)c1. The minimum Gasteiger partial charge on any atom is -0.429 e. The van der Waals surface area contributed by atoms with Crippen molar-refractivity contribution in [1.29, 1.82) is 0 Å². The van der Waals surface area contributed by atoms with Gasteiger partial charge in [-0.2, -0.15) is 8.78 Å². The van der Waals surface area contributed by atoms with E-state index in [0.29, 0.717) is 18.6 Å². The van der Waals surface area contributed by atoms with E-state index in [-0.39, 0.29) is 34.4 Å². The van der Waals surface area contributed by atoms with Crippen molar-refractivity contribution in [2.75, 3.05) is 0 Å². The number of rotatable bonds is 11. The van der Waals surface area contributed by atoms with Crippen molar-refractivity contribution < 1.29 is 62.2 Å². The molecular formula is C37H24F12O2. The molecule has 0 fully saturated rings. The van der Waals surface area contributed by atoms with Crippen LogP contribution in [0.15, 0.2) is 78.9 Å². The number of benzene rings is 5. The van der Waals surface area contributed by atoms with E-state index in [4.69, 9.17) is 0 Å². The number of hydrogen-bond donors (Lipinski definition) is 0. The first kappa shape index (κ1) is 37.1. The van der Waals surface area contributed by atoms with Crippen LogP contribution in [0, 0.1) is 40.7 Å². The van der Waals surface area contributed by atoms with E-state index in [1.54, 1.807) is 12.1 Å². The minimum atomic E-state index is -5.54. The van der Waals surface area contributed by atoms with Gasteiger partial charge in [-0.05, 0) is 65.4 Å². The topological polar surface area (TPSA) is 18.5 Å². The molecule has 5 aromatic rings. The highest BCUT2D eigenvalue weighted by molar-refractivity contribution is 5.74. The maximum absolute atomic E-state index is 15.3. The summed E-state index contributed by atoms with van der Waals surface area (Å²) in [5.41, 5.74) is -2.08. The lowest BCUT2D eigenvalue weighted by Crippen LogP contribution is -2.25. The maximum Gasteiger partial charge on any atom is 0.573 e. The van der Waals surface area contributed by atoms with Gasteiger partial charge in [-0.1, -0.05) is 56.2 Å². The normalized spacial score (nSPS) is 11.9. The Morgan fingerprint density at radius 2 is 0.961 bits per heavy atom. The molecule has 0 saturated heterocycles. The molecule has 0 saturated carbocycles. The summed E-state index contributed by atoms with van der Waals surface area (Å²) >= 11 is 0. The molecule has 0 radical (unpaired) electrons. The summed E-state index contributed by atoms with van der Waals surface area (Å²) in [6.07, 6.45) is -6.92. The van der Waals surface area contributed by atoms with Crippen molar-refractivity contribution in [3.63, 3.8) is 0 Å². The van der Waals surface area contributed by atoms with Crippen molar-refractivity contribution >= 4 is 0 Å². The van der Waals surface area contributed by atoms with E-state index in [1.807, 2.05) is 6.92 Å². The zero-order valence-electron chi connectivity index (χ0n) is 26.2. The zero-order chi connectivity index (χ0) is 37.2. The van der Waals surface area contributed by atoms with Gasteiger partial charge in [0, 0.05) is 28.8 Å². The molecule has 2 nitrogen and oxygen atoms in total. The van der Waals surface area contributed by atoms with Crippen LogP contribution in [-0.2, 0) is 12.5 Å². The molecule has 51 heavy (non-hydrogen) atoms. The fourth-order valence-corrected chi connectivity index (χ4v) is 5.38. The van der Waals surface area contributed by atoms with E-state index < -0.39 is 81.4 Å². The van der Waals surface area contributed by atoms with Crippen LogP contribution in [0.3, 0.4) is 0 Å². The Morgan fingerprint density at radius 1 is 0.490 bits per heavy atom. The van der Waals surface area contributed by atoms with Gasteiger partial charge < -0.3 is 9.47 Å². The average Bonchev–Trinajstić information content (AvgIpc) is 3.02. The van der Waals surface area contributed by atoms with Crippen LogP contribution < -0.4 is 9.47 Å². The number of unbranched alkanes of at least 4 members (excludes halogenated alkanes) is 2. The van der Waals surface area contributed by atoms with Gasteiger partial charge in [0.05, 0.1) is 0 Å². The molecule has 0 aliphatic rings. The van der Waals surface area contributed by atoms with Crippen molar-refractivity contribution in [3.8, 4) is 44.9 Å². The highest BCUT2D eigenvalue weighted by Gasteiger charge is 2.42. The molecule has 0 aliphatic heterocycles. The fourth-order valence-electron chi connectivity index (χ4n) is 5.38. The number of hydrogen-bond acceptors (Lipinski definition) is 2. The van der Waals surface area contributed by atoms with E-state index in [9.17, 15) is 43.9 Å². The third-order valence-corrected chi connectivity index (χ3v) is 7.74. The van der Waals surface area contributed by atoms with Gasteiger partial charge in [0.2, 0.25) is 5.75 Å². The summed E-state index contributed by atoms with van der Waals surface area (Å²) < 4.78 is 177. The maximum atomic E-state index is 15.3. The predicted octanol–water partition coefficient (Wildman–Crippen LogP) is 12.4. The van der Waals surface area contributed by atoms with Gasteiger partial charge in [-0.15, -0.1) is 13.2 Å². The average molecular weight is 729 g/mol. The number of alkyl halides is 5. The fraction of sp³-hybridized carbons (Fsp3) is 0.189. The first-order chi connectivity index (χ1) is 24.0. The molecule has 0 heterocycles. The molecule has 5 aromatic carbocycles. The Morgan fingerprint density at radius 3 is 1.43 bits per heavy atom. The molecule has 0 unspecified atom stereocenters. The quantitative estimate of drug-likeness (QED) is 0.0996. The Hall–Kier alpha value is -5.14. The van der Waals surface area contributed by atoms with Crippen LogP contribution in [0.2, 0.25) is 0 Å². The lowest BCUT2D eigenvalue weighted by Gasteiger charge is -2.21. The molecule has 0 bridgehead atoms. The molecule has 0 spiro atoms. The van der Waals surface area contributed by atoms with Crippen molar-refractivity contribution in [2.45, 2.75) is 45.1 Å². The van der Waals surface area contributed by atoms with Gasteiger partial charge in [-0.3, -0.25) is 0 Å². The number of aryl methyl sites for hydroxylation is 1. The molecule has 5 rings (SSSR count). The molecule has 0 aliphatic carbocycles. The smallest absolute Gasteiger partial charge is 0.429 e. The van der Waals surface area contributed by atoms with Crippen LogP contribution in [0.4, 0.5) is 52.7 Å².